The minimum absolute atomic E-state index is 0.213. The monoisotopic (exact) mass is 235 g/mol. The van der Waals surface area contributed by atoms with Crippen LogP contribution in [-0.2, 0) is 16.9 Å². The molecule has 0 bridgehead atoms. The fourth-order valence-electron chi connectivity index (χ4n) is 2.76. The van der Waals surface area contributed by atoms with Gasteiger partial charge in [-0.25, -0.2) is 0 Å². The molecule has 1 aromatic rings. The van der Waals surface area contributed by atoms with Crippen LogP contribution >= 0.6 is 0 Å². The number of nitrogens with two attached hydrogens (primary N) is 1. The first kappa shape index (κ1) is 12.4. The number of para-hydroxylation sites is 1. The molecule has 0 saturated heterocycles. The normalized spacial score (nSPS) is 18.3. The van der Waals surface area contributed by atoms with Gasteiger partial charge in [0.15, 0.2) is 0 Å². The summed E-state index contributed by atoms with van der Waals surface area (Å²) >= 11 is 0. The highest BCUT2D eigenvalue weighted by Gasteiger charge is 2.34. The number of hydrogen-bond acceptors (Lipinski definition) is 3. The van der Waals surface area contributed by atoms with Crippen LogP contribution in [0, 0.1) is 0 Å². The van der Waals surface area contributed by atoms with Gasteiger partial charge in [-0.3, -0.25) is 0 Å². The number of ether oxygens (including phenoxy) is 2. The van der Waals surface area contributed by atoms with Gasteiger partial charge in [-0.2, -0.15) is 0 Å². The van der Waals surface area contributed by atoms with E-state index in [2.05, 4.69) is 6.07 Å². The van der Waals surface area contributed by atoms with Crippen LogP contribution in [0.25, 0.3) is 0 Å². The maximum atomic E-state index is 6.50. The van der Waals surface area contributed by atoms with E-state index in [-0.39, 0.29) is 5.54 Å². The molecule has 1 aromatic carbocycles. The lowest BCUT2D eigenvalue weighted by Crippen LogP contribution is -2.33. The van der Waals surface area contributed by atoms with Crippen molar-refractivity contribution in [2.75, 3.05) is 14.2 Å². The third-order valence-corrected chi connectivity index (χ3v) is 3.63. The molecule has 0 atom stereocenters. The lowest BCUT2D eigenvalue weighted by atomic mass is 9.87. The molecule has 0 amide bonds. The van der Waals surface area contributed by atoms with E-state index in [1.807, 2.05) is 12.1 Å². The summed E-state index contributed by atoms with van der Waals surface area (Å²) in [6.07, 6.45) is 4.49. The average molecular weight is 235 g/mol. The summed E-state index contributed by atoms with van der Waals surface area (Å²) in [6, 6.07) is 6.16. The van der Waals surface area contributed by atoms with E-state index < -0.39 is 0 Å². The SMILES string of the molecule is COCc1cccc(C2(N)CCCC2)c1OC. The van der Waals surface area contributed by atoms with Crippen LogP contribution in [0.4, 0.5) is 0 Å². The molecule has 1 fully saturated rings. The molecule has 0 unspecified atom stereocenters. The van der Waals surface area contributed by atoms with Crippen LogP contribution in [0.2, 0.25) is 0 Å². The molecule has 1 aliphatic carbocycles. The lowest BCUT2D eigenvalue weighted by molar-refractivity contribution is 0.181. The van der Waals surface area contributed by atoms with E-state index >= 15 is 0 Å². The summed E-state index contributed by atoms with van der Waals surface area (Å²) in [5.74, 6) is 0.902. The number of methoxy groups -OCH3 is 2. The van der Waals surface area contributed by atoms with Crippen molar-refractivity contribution in [2.45, 2.75) is 37.8 Å². The maximum absolute atomic E-state index is 6.50. The molecular formula is C14H21NO2. The Morgan fingerprint density at radius 2 is 1.94 bits per heavy atom. The molecular weight excluding hydrogens is 214 g/mol. The Bertz CT molecular complexity index is 384. The van der Waals surface area contributed by atoms with Crippen molar-refractivity contribution in [1.82, 2.24) is 0 Å². The Balaban J connectivity index is 2.42. The van der Waals surface area contributed by atoms with Gasteiger partial charge in [0.2, 0.25) is 0 Å². The Morgan fingerprint density at radius 3 is 2.53 bits per heavy atom. The van der Waals surface area contributed by atoms with Crippen molar-refractivity contribution in [3.63, 3.8) is 0 Å². The zero-order valence-corrected chi connectivity index (χ0v) is 10.7. The van der Waals surface area contributed by atoms with Crippen molar-refractivity contribution < 1.29 is 9.47 Å². The molecule has 0 heterocycles. The molecule has 17 heavy (non-hydrogen) atoms. The van der Waals surface area contributed by atoms with Gasteiger partial charge in [-0.05, 0) is 12.8 Å². The zero-order chi connectivity index (χ0) is 12.3. The molecule has 3 heteroatoms. The van der Waals surface area contributed by atoms with Crippen LogP contribution < -0.4 is 10.5 Å². The fraction of sp³-hybridized carbons (Fsp3) is 0.571. The summed E-state index contributed by atoms with van der Waals surface area (Å²) in [6.45, 7) is 0.563. The topological polar surface area (TPSA) is 44.5 Å². The van der Waals surface area contributed by atoms with E-state index in [4.69, 9.17) is 15.2 Å². The zero-order valence-electron chi connectivity index (χ0n) is 10.7. The molecule has 0 aromatic heterocycles. The van der Waals surface area contributed by atoms with Crippen molar-refractivity contribution in [1.29, 1.82) is 0 Å². The van der Waals surface area contributed by atoms with Gasteiger partial charge in [-0.15, -0.1) is 0 Å². The van der Waals surface area contributed by atoms with E-state index in [0.717, 1.165) is 29.7 Å². The van der Waals surface area contributed by atoms with E-state index in [9.17, 15) is 0 Å². The van der Waals surface area contributed by atoms with Crippen molar-refractivity contribution in [3.05, 3.63) is 29.3 Å². The van der Waals surface area contributed by atoms with Crippen LogP contribution in [0.15, 0.2) is 18.2 Å². The molecule has 2 rings (SSSR count). The first-order valence-electron chi connectivity index (χ1n) is 6.15. The predicted molar refractivity (Wildman–Crippen MR) is 68.0 cm³/mol. The van der Waals surface area contributed by atoms with Crippen LogP contribution in [-0.4, -0.2) is 14.2 Å². The van der Waals surface area contributed by atoms with Gasteiger partial charge in [0, 0.05) is 23.8 Å². The molecule has 0 aliphatic heterocycles. The molecule has 94 valence electrons. The summed E-state index contributed by atoms with van der Waals surface area (Å²) in [5.41, 5.74) is 8.49. The first-order valence-corrected chi connectivity index (χ1v) is 6.15. The molecule has 1 aliphatic rings. The Morgan fingerprint density at radius 1 is 1.24 bits per heavy atom. The number of benzene rings is 1. The van der Waals surface area contributed by atoms with Crippen LogP contribution in [0.5, 0.6) is 5.75 Å². The summed E-state index contributed by atoms with van der Waals surface area (Å²) in [7, 11) is 3.40. The lowest BCUT2D eigenvalue weighted by Gasteiger charge is -2.27. The highest BCUT2D eigenvalue weighted by molar-refractivity contribution is 5.45. The minimum Gasteiger partial charge on any atom is -0.496 e. The van der Waals surface area contributed by atoms with Gasteiger partial charge in [0.1, 0.15) is 5.75 Å². The molecule has 0 radical (unpaired) electrons. The smallest absolute Gasteiger partial charge is 0.129 e. The van der Waals surface area contributed by atoms with Gasteiger partial charge < -0.3 is 15.2 Å². The van der Waals surface area contributed by atoms with E-state index in [1.54, 1.807) is 14.2 Å². The predicted octanol–water partition coefficient (Wildman–Crippen LogP) is 2.57. The molecule has 1 saturated carbocycles. The second-order valence-electron chi connectivity index (χ2n) is 4.79. The first-order chi connectivity index (χ1) is 8.21. The molecule has 3 nitrogen and oxygen atoms in total. The van der Waals surface area contributed by atoms with Crippen LogP contribution in [0.1, 0.15) is 36.8 Å². The Labute approximate surface area is 103 Å². The Kier molecular flexibility index (Phi) is 3.69. The second kappa shape index (κ2) is 5.07. The quantitative estimate of drug-likeness (QED) is 0.872. The van der Waals surface area contributed by atoms with Gasteiger partial charge in [0.25, 0.3) is 0 Å². The molecule has 0 spiro atoms. The largest absolute Gasteiger partial charge is 0.496 e. The standard InChI is InChI=1S/C14H21NO2/c1-16-10-11-6-5-7-12(13(11)17-2)14(15)8-3-4-9-14/h5-7H,3-4,8-10,15H2,1-2H3. The summed E-state index contributed by atoms with van der Waals surface area (Å²) < 4.78 is 10.7. The van der Waals surface area contributed by atoms with Gasteiger partial charge >= 0.3 is 0 Å². The Hall–Kier alpha value is -1.06. The number of hydrogen-bond donors (Lipinski definition) is 1. The summed E-state index contributed by atoms with van der Waals surface area (Å²) in [5, 5.41) is 0. The van der Waals surface area contributed by atoms with Gasteiger partial charge in [-0.1, -0.05) is 31.0 Å². The highest BCUT2D eigenvalue weighted by Crippen LogP contribution is 2.41. The third-order valence-electron chi connectivity index (χ3n) is 3.63. The van der Waals surface area contributed by atoms with Crippen LogP contribution in [0.3, 0.4) is 0 Å². The highest BCUT2D eigenvalue weighted by atomic mass is 16.5. The molecule has 2 N–H and O–H groups in total. The van der Waals surface area contributed by atoms with E-state index in [0.29, 0.717) is 6.61 Å². The summed E-state index contributed by atoms with van der Waals surface area (Å²) in [4.78, 5) is 0. The third kappa shape index (κ3) is 2.31. The minimum atomic E-state index is -0.213. The van der Waals surface area contributed by atoms with Crippen molar-refractivity contribution in [2.24, 2.45) is 5.73 Å². The van der Waals surface area contributed by atoms with Gasteiger partial charge in [0.05, 0.1) is 13.7 Å². The number of rotatable bonds is 4. The van der Waals surface area contributed by atoms with Crippen molar-refractivity contribution >= 4 is 0 Å². The van der Waals surface area contributed by atoms with E-state index in [1.165, 1.54) is 12.8 Å². The van der Waals surface area contributed by atoms with Crippen molar-refractivity contribution in [3.8, 4) is 5.75 Å². The second-order valence-corrected chi connectivity index (χ2v) is 4.79. The average Bonchev–Trinajstić information content (AvgIpc) is 2.77. The maximum Gasteiger partial charge on any atom is 0.129 e. The fourth-order valence-corrected chi connectivity index (χ4v) is 2.76.